The molecule has 0 radical (unpaired) electrons. The molecule has 46 heavy (non-hydrogen) atoms. The van der Waals surface area contributed by atoms with Crippen LogP contribution in [0, 0.1) is 12.3 Å². The van der Waals surface area contributed by atoms with Gasteiger partial charge in [0, 0.05) is 6.61 Å². The third kappa shape index (κ3) is 34.3. The molecule has 0 aliphatic carbocycles. The van der Waals surface area contributed by atoms with E-state index in [9.17, 15) is 0 Å². The SMILES string of the molecule is C#CCOCCOCCOCCOCCOCCOCCOCCOCCOCCOCCOCCOCCOC1CCCCO1. The van der Waals surface area contributed by atoms with E-state index in [1.165, 1.54) is 0 Å². The Morgan fingerprint density at radius 2 is 0.674 bits per heavy atom. The Hall–Kier alpha value is -1.00. The fourth-order valence-electron chi connectivity index (χ4n) is 3.63. The van der Waals surface area contributed by atoms with Crippen LogP contribution in [0.25, 0.3) is 0 Å². The van der Waals surface area contributed by atoms with Gasteiger partial charge in [-0.25, -0.2) is 0 Å². The minimum atomic E-state index is -0.0670. The third-order valence-electron chi connectivity index (χ3n) is 5.95. The summed E-state index contributed by atoms with van der Waals surface area (Å²) in [7, 11) is 0. The Bertz CT molecular complexity index is 618. The van der Waals surface area contributed by atoms with E-state index in [4.69, 9.17) is 72.7 Å². The van der Waals surface area contributed by atoms with Crippen molar-refractivity contribution in [3.8, 4) is 12.3 Å². The van der Waals surface area contributed by atoms with Gasteiger partial charge < -0.3 is 66.3 Å². The van der Waals surface area contributed by atoms with Gasteiger partial charge in [-0.1, -0.05) is 5.92 Å². The van der Waals surface area contributed by atoms with Gasteiger partial charge >= 0.3 is 0 Å². The molecule has 0 aromatic rings. The maximum absolute atomic E-state index is 5.61. The van der Waals surface area contributed by atoms with E-state index in [0.29, 0.717) is 165 Å². The zero-order valence-corrected chi connectivity index (χ0v) is 27.9. The zero-order valence-electron chi connectivity index (χ0n) is 27.9. The summed E-state index contributed by atoms with van der Waals surface area (Å²) in [6.45, 7) is 13.4. The Morgan fingerprint density at radius 1 is 0.391 bits per heavy atom. The number of hydrogen-bond donors (Lipinski definition) is 0. The van der Waals surface area contributed by atoms with Crippen LogP contribution in [0.15, 0.2) is 0 Å². The monoisotopic (exact) mass is 668 g/mol. The van der Waals surface area contributed by atoms with Crippen LogP contribution in [-0.4, -0.2) is 178 Å². The topological polar surface area (TPSA) is 129 Å². The van der Waals surface area contributed by atoms with Crippen LogP contribution in [0.2, 0.25) is 0 Å². The lowest BCUT2D eigenvalue weighted by molar-refractivity contribution is -0.169. The summed E-state index contributed by atoms with van der Waals surface area (Å²) in [5.74, 6) is 2.40. The molecule has 1 rings (SSSR count). The molecular weight excluding hydrogens is 608 g/mol. The maximum Gasteiger partial charge on any atom is 0.157 e. The molecule has 0 aromatic carbocycles. The highest BCUT2D eigenvalue weighted by Gasteiger charge is 2.13. The van der Waals surface area contributed by atoms with Gasteiger partial charge in [0.15, 0.2) is 6.29 Å². The molecule has 1 fully saturated rings. The van der Waals surface area contributed by atoms with Crippen molar-refractivity contribution in [2.24, 2.45) is 0 Å². The molecule has 1 aliphatic heterocycles. The van der Waals surface area contributed by atoms with Crippen molar-refractivity contribution < 1.29 is 66.3 Å². The molecule has 14 nitrogen and oxygen atoms in total. The second kappa shape index (κ2) is 38.4. The summed E-state index contributed by atoms with van der Waals surface area (Å²) in [6.07, 6.45) is 8.27. The summed E-state index contributed by atoms with van der Waals surface area (Å²) in [5, 5.41) is 0. The first-order valence-electron chi connectivity index (χ1n) is 16.5. The molecular formula is C32H60O14. The van der Waals surface area contributed by atoms with Crippen molar-refractivity contribution in [3.63, 3.8) is 0 Å². The highest BCUT2D eigenvalue weighted by atomic mass is 16.7. The molecule has 1 heterocycles. The average molecular weight is 669 g/mol. The van der Waals surface area contributed by atoms with Gasteiger partial charge in [0.1, 0.15) is 6.61 Å². The predicted octanol–water partition coefficient (Wildman–Crippen LogP) is 1.36. The number of hydrogen-bond acceptors (Lipinski definition) is 14. The van der Waals surface area contributed by atoms with Crippen molar-refractivity contribution in [1.82, 2.24) is 0 Å². The molecule has 272 valence electrons. The van der Waals surface area contributed by atoms with Crippen molar-refractivity contribution >= 4 is 0 Å². The Labute approximate surface area is 276 Å². The van der Waals surface area contributed by atoms with E-state index in [2.05, 4.69) is 5.92 Å². The average Bonchev–Trinajstić information content (AvgIpc) is 3.08. The molecule has 1 unspecified atom stereocenters. The first kappa shape index (κ1) is 43.0. The molecule has 14 heteroatoms. The zero-order chi connectivity index (χ0) is 32.7. The number of ether oxygens (including phenoxy) is 14. The molecule has 0 N–H and O–H groups in total. The Balaban J connectivity index is 1.60. The van der Waals surface area contributed by atoms with Gasteiger partial charge in [-0.2, -0.15) is 0 Å². The van der Waals surface area contributed by atoms with Gasteiger partial charge in [0.05, 0.1) is 159 Å². The minimum absolute atomic E-state index is 0.0670. The van der Waals surface area contributed by atoms with E-state index < -0.39 is 0 Å². The van der Waals surface area contributed by atoms with E-state index in [-0.39, 0.29) is 6.29 Å². The second-order valence-electron chi connectivity index (χ2n) is 9.66. The first-order valence-corrected chi connectivity index (χ1v) is 16.5. The van der Waals surface area contributed by atoms with Crippen LogP contribution < -0.4 is 0 Å². The van der Waals surface area contributed by atoms with Crippen LogP contribution in [0.4, 0.5) is 0 Å². The third-order valence-corrected chi connectivity index (χ3v) is 5.95. The summed E-state index contributed by atoms with van der Waals surface area (Å²) >= 11 is 0. The van der Waals surface area contributed by atoms with Crippen LogP contribution in [0.5, 0.6) is 0 Å². The van der Waals surface area contributed by atoms with Gasteiger partial charge in [0.2, 0.25) is 0 Å². The lowest BCUT2D eigenvalue weighted by Crippen LogP contribution is -2.24. The predicted molar refractivity (Wildman–Crippen MR) is 168 cm³/mol. The highest BCUT2D eigenvalue weighted by molar-refractivity contribution is 4.82. The molecule has 1 saturated heterocycles. The molecule has 0 amide bonds. The standard InChI is InChI=1S/C32H60O14/c1-2-6-33-8-9-34-10-11-35-12-13-36-14-15-37-16-17-38-18-19-39-20-21-40-22-23-41-24-25-42-26-27-43-28-29-44-30-31-46-32-5-3-4-7-45-32/h1,32H,3-31H2. The van der Waals surface area contributed by atoms with E-state index in [1.807, 2.05) is 0 Å². The fourth-order valence-corrected chi connectivity index (χ4v) is 3.63. The highest BCUT2D eigenvalue weighted by Crippen LogP contribution is 2.13. The summed E-state index contributed by atoms with van der Waals surface area (Å²) in [4.78, 5) is 0. The smallest absolute Gasteiger partial charge is 0.157 e. The van der Waals surface area contributed by atoms with E-state index >= 15 is 0 Å². The number of terminal acetylenes is 1. The van der Waals surface area contributed by atoms with Crippen LogP contribution in [-0.2, 0) is 66.3 Å². The Kier molecular flexibility index (Phi) is 36.0. The van der Waals surface area contributed by atoms with Crippen LogP contribution in [0.3, 0.4) is 0 Å². The van der Waals surface area contributed by atoms with Gasteiger partial charge in [-0.15, -0.1) is 6.42 Å². The van der Waals surface area contributed by atoms with Gasteiger partial charge in [0.25, 0.3) is 0 Å². The van der Waals surface area contributed by atoms with Crippen molar-refractivity contribution in [2.45, 2.75) is 25.6 Å². The van der Waals surface area contributed by atoms with Crippen molar-refractivity contribution in [1.29, 1.82) is 0 Å². The normalized spacial score (nSPS) is 15.0. The molecule has 1 atom stereocenters. The molecule has 1 aliphatic rings. The van der Waals surface area contributed by atoms with Crippen LogP contribution >= 0.6 is 0 Å². The summed E-state index contributed by atoms with van der Waals surface area (Å²) in [5.41, 5.74) is 0. The van der Waals surface area contributed by atoms with Crippen LogP contribution in [0.1, 0.15) is 19.3 Å². The lowest BCUT2D eigenvalue weighted by atomic mass is 10.2. The van der Waals surface area contributed by atoms with Crippen molar-refractivity contribution in [2.75, 3.05) is 172 Å². The molecule has 0 bridgehead atoms. The van der Waals surface area contributed by atoms with Crippen molar-refractivity contribution in [3.05, 3.63) is 0 Å². The van der Waals surface area contributed by atoms with E-state index in [1.54, 1.807) is 0 Å². The molecule has 0 aromatic heterocycles. The summed E-state index contributed by atoms with van der Waals surface area (Å²) in [6, 6.07) is 0. The first-order chi connectivity index (χ1) is 22.9. The Morgan fingerprint density at radius 3 is 0.935 bits per heavy atom. The second-order valence-corrected chi connectivity index (χ2v) is 9.66. The summed E-state index contributed by atoms with van der Waals surface area (Å²) < 4.78 is 76.2. The quantitative estimate of drug-likeness (QED) is 0.0694. The molecule has 0 spiro atoms. The minimum Gasteiger partial charge on any atom is -0.377 e. The van der Waals surface area contributed by atoms with E-state index in [0.717, 1.165) is 25.9 Å². The number of rotatable bonds is 38. The van der Waals surface area contributed by atoms with Gasteiger partial charge in [-0.05, 0) is 19.3 Å². The van der Waals surface area contributed by atoms with Gasteiger partial charge in [-0.3, -0.25) is 0 Å². The maximum atomic E-state index is 5.61. The molecule has 0 saturated carbocycles. The largest absolute Gasteiger partial charge is 0.377 e. The fraction of sp³-hybridized carbons (Fsp3) is 0.938. The lowest BCUT2D eigenvalue weighted by Gasteiger charge is -2.22.